The highest BCUT2D eigenvalue weighted by atomic mass is 35.5. The molecule has 4 heteroatoms. The van der Waals surface area contributed by atoms with Gasteiger partial charge in [-0.3, -0.25) is 0 Å². The van der Waals surface area contributed by atoms with Gasteiger partial charge in [-0.25, -0.2) is 4.98 Å². The highest BCUT2D eigenvalue weighted by Gasteiger charge is 2.12. The number of rotatable bonds is 1. The van der Waals surface area contributed by atoms with Crippen LogP contribution in [0, 0.1) is 6.92 Å². The van der Waals surface area contributed by atoms with E-state index in [-0.39, 0.29) is 0 Å². The third-order valence-corrected chi connectivity index (χ3v) is 3.47. The Morgan fingerprint density at radius 2 is 2.16 bits per heavy atom. The van der Waals surface area contributed by atoms with E-state index in [9.17, 15) is 0 Å². The van der Waals surface area contributed by atoms with Crippen molar-refractivity contribution in [3.05, 3.63) is 46.5 Å². The highest BCUT2D eigenvalue weighted by molar-refractivity contribution is 6.30. The number of aromatic nitrogens is 1. The predicted octanol–water partition coefficient (Wildman–Crippen LogP) is 3.19. The summed E-state index contributed by atoms with van der Waals surface area (Å²) in [5.74, 6) is 0.733. The van der Waals surface area contributed by atoms with Crippen LogP contribution in [0.4, 0.5) is 0 Å². The number of nitrogens with zero attached hydrogens (tertiary/aromatic N) is 1. The summed E-state index contributed by atoms with van der Waals surface area (Å²) in [6, 6.07) is 9.95. The summed E-state index contributed by atoms with van der Waals surface area (Å²) in [5, 5.41) is 4.05. The minimum absolute atomic E-state index is 0.656. The first-order valence-corrected chi connectivity index (χ1v) is 6.72. The molecule has 1 aliphatic heterocycles. The second-order valence-corrected chi connectivity index (χ2v) is 5.08. The Morgan fingerprint density at radius 1 is 1.26 bits per heavy atom. The van der Waals surface area contributed by atoms with Crippen LogP contribution < -0.4 is 10.1 Å². The van der Waals surface area contributed by atoms with Crippen LogP contribution in [0.15, 0.2) is 30.3 Å². The van der Waals surface area contributed by atoms with E-state index >= 15 is 0 Å². The van der Waals surface area contributed by atoms with E-state index in [1.54, 1.807) is 0 Å². The zero-order valence-corrected chi connectivity index (χ0v) is 11.5. The maximum absolute atomic E-state index is 5.99. The van der Waals surface area contributed by atoms with E-state index in [1.165, 1.54) is 0 Å². The number of ether oxygens (including phenoxy) is 1. The lowest BCUT2D eigenvalue weighted by atomic mass is 10.0. The van der Waals surface area contributed by atoms with Crippen molar-refractivity contribution in [2.45, 2.75) is 13.5 Å². The fraction of sp³-hybridized carbons (Fsp3) is 0.267. The van der Waals surface area contributed by atoms with Crippen molar-refractivity contribution in [3.8, 4) is 17.1 Å². The molecule has 0 fully saturated rings. The van der Waals surface area contributed by atoms with Crippen LogP contribution in [0.3, 0.4) is 0 Å². The summed E-state index contributed by atoms with van der Waals surface area (Å²) < 4.78 is 5.67. The summed E-state index contributed by atoms with van der Waals surface area (Å²) in [5.41, 5.74) is 4.24. The Labute approximate surface area is 117 Å². The van der Waals surface area contributed by atoms with Gasteiger partial charge in [-0.2, -0.15) is 0 Å². The van der Waals surface area contributed by atoms with Crippen molar-refractivity contribution in [3.63, 3.8) is 0 Å². The first-order chi connectivity index (χ1) is 9.24. The minimum atomic E-state index is 0.656. The average molecular weight is 275 g/mol. The van der Waals surface area contributed by atoms with Crippen LogP contribution in [0.5, 0.6) is 5.88 Å². The Kier molecular flexibility index (Phi) is 3.40. The fourth-order valence-electron chi connectivity index (χ4n) is 2.24. The maximum Gasteiger partial charge on any atom is 0.218 e. The van der Waals surface area contributed by atoms with Gasteiger partial charge < -0.3 is 10.1 Å². The Morgan fingerprint density at radius 3 is 3.00 bits per heavy atom. The number of hydrogen-bond donors (Lipinski definition) is 1. The van der Waals surface area contributed by atoms with E-state index in [0.29, 0.717) is 6.61 Å². The molecule has 0 bridgehead atoms. The molecule has 1 aromatic carbocycles. The molecule has 2 heterocycles. The van der Waals surface area contributed by atoms with Gasteiger partial charge >= 0.3 is 0 Å². The summed E-state index contributed by atoms with van der Waals surface area (Å²) in [7, 11) is 0. The monoisotopic (exact) mass is 274 g/mol. The molecule has 0 spiro atoms. The van der Waals surface area contributed by atoms with E-state index < -0.39 is 0 Å². The molecule has 0 unspecified atom stereocenters. The number of aryl methyl sites for hydroxylation is 1. The SMILES string of the molecule is Cc1cc(Cl)ccc1-c1ccc2c(n1)OCCNC2. The van der Waals surface area contributed by atoms with E-state index in [2.05, 4.69) is 16.4 Å². The number of benzene rings is 1. The van der Waals surface area contributed by atoms with Crippen molar-refractivity contribution in [1.29, 1.82) is 0 Å². The lowest BCUT2D eigenvalue weighted by Crippen LogP contribution is -2.16. The number of fused-ring (bicyclic) bond motifs is 1. The molecule has 0 atom stereocenters. The summed E-state index contributed by atoms with van der Waals surface area (Å²) in [4.78, 5) is 4.63. The lowest BCUT2D eigenvalue weighted by Gasteiger charge is -2.10. The molecule has 0 radical (unpaired) electrons. The molecule has 1 aliphatic rings. The van der Waals surface area contributed by atoms with Crippen molar-refractivity contribution < 1.29 is 4.74 Å². The topological polar surface area (TPSA) is 34.1 Å². The van der Waals surface area contributed by atoms with Gasteiger partial charge in [-0.1, -0.05) is 23.7 Å². The van der Waals surface area contributed by atoms with Gasteiger partial charge in [0.05, 0.1) is 5.69 Å². The molecule has 3 rings (SSSR count). The molecule has 1 N–H and O–H groups in total. The van der Waals surface area contributed by atoms with Gasteiger partial charge in [0, 0.05) is 29.2 Å². The van der Waals surface area contributed by atoms with Crippen molar-refractivity contribution >= 4 is 11.6 Å². The Balaban J connectivity index is 2.03. The number of nitrogens with one attached hydrogen (secondary N) is 1. The smallest absolute Gasteiger partial charge is 0.218 e. The molecule has 0 saturated carbocycles. The maximum atomic E-state index is 5.99. The predicted molar refractivity (Wildman–Crippen MR) is 76.6 cm³/mol. The summed E-state index contributed by atoms with van der Waals surface area (Å²) in [6.45, 7) is 4.36. The molecule has 1 aromatic heterocycles. The standard InChI is InChI=1S/C15H15ClN2O/c1-10-8-12(16)3-4-13(10)14-5-2-11-9-17-6-7-19-15(11)18-14/h2-5,8,17H,6-7,9H2,1H3. The van der Waals surface area contributed by atoms with E-state index in [0.717, 1.165) is 46.4 Å². The fourth-order valence-corrected chi connectivity index (χ4v) is 2.46. The minimum Gasteiger partial charge on any atom is -0.476 e. The van der Waals surface area contributed by atoms with Gasteiger partial charge in [0.25, 0.3) is 0 Å². The molecular formula is C15H15ClN2O. The van der Waals surface area contributed by atoms with E-state index in [4.69, 9.17) is 16.3 Å². The van der Waals surface area contributed by atoms with Gasteiger partial charge in [0.15, 0.2) is 0 Å². The Hall–Kier alpha value is -1.58. The van der Waals surface area contributed by atoms with Crippen molar-refractivity contribution in [2.75, 3.05) is 13.2 Å². The van der Waals surface area contributed by atoms with E-state index in [1.807, 2.05) is 31.2 Å². The second kappa shape index (κ2) is 5.19. The molecule has 98 valence electrons. The van der Waals surface area contributed by atoms with Crippen LogP contribution in [-0.4, -0.2) is 18.1 Å². The zero-order chi connectivity index (χ0) is 13.2. The van der Waals surface area contributed by atoms with Gasteiger partial charge in [-0.15, -0.1) is 0 Å². The third-order valence-electron chi connectivity index (χ3n) is 3.24. The van der Waals surface area contributed by atoms with Crippen LogP contribution in [0.1, 0.15) is 11.1 Å². The molecule has 0 amide bonds. The average Bonchev–Trinajstić information content (AvgIpc) is 2.63. The third kappa shape index (κ3) is 2.57. The van der Waals surface area contributed by atoms with Gasteiger partial charge in [-0.05, 0) is 30.7 Å². The number of pyridine rings is 1. The number of hydrogen-bond acceptors (Lipinski definition) is 3. The molecular weight excluding hydrogens is 260 g/mol. The lowest BCUT2D eigenvalue weighted by molar-refractivity contribution is 0.314. The second-order valence-electron chi connectivity index (χ2n) is 4.65. The van der Waals surface area contributed by atoms with Gasteiger partial charge in [0.1, 0.15) is 6.61 Å². The van der Waals surface area contributed by atoms with Crippen LogP contribution >= 0.6 is 11.6 Å². The molecule has 0 aliphatic carbocycles. The zero-order valence-electron chi connectivity index (χ0n) is 10.7. The first-order valence-electron chi connectivity index (χ1n) is 6.34. The van der Waals surface area contributed by atoms with Crippen LogP contribution in [0.25, 0.3) is 11.3 Å². The number of halogens is 1. The molecule has 19 heavy (non-hydrogen) atoms. The largest absolute Gasteiger partial charge is 0.476 e. The van der Waals surface area contributed by atoms with Crippen LogP contribution in [0.2, 0.25) is 5.02 Å². The molecule has 0 saturated heterocycles. The molecule has 2 aromatic rings. The first kappa shape index (κ1) is 12.5. The highest BCUT2D eigenvalue weighted by Crippen LogP contribution is 2.28. The molecule has 3 nitrogen and oxygen atoms in total. The summed E-state index contributed by atoms with van der Waals surface area (Å²) in [6.07, 6.45) is 0. The Bertz CT molecular complexity index is 613. The normalized spacial score (nSPS) is 14.4. The quantitative estimate of drug-likeness (QED) is 0.867. The van der Waals surface area contributed by atoms with Gasteiger partial charge in [0.2, 0.25) is 5.88 Å². The van der Waals surface area contributed by atoms with Crippen molar-refractivity contribution in [2.24, 2.45) is 0 Å². The van der Waals surface area contributed by atoms with Crippen molar-refractivity contribution in [1.82, 2.24) is 10.3 Å². The van der Waals surface area contributed by atoms with Crippen LogP contribution in [-0.2, 0) is 6.54 Å². The summed E-state index contributed by atoms with van der Waals surface area (Å²) >= 11 is 5.99.